The van der Waals surface area contributed by atoms with E-state index in [0.717, 1.165) is 27.0 Å². The average Bonchev–Trinajstić information content (AvgIpc) is 3.46. The van der Waals surface area contributed by atoms with E-state index in [1.807, 2.05) is 53.3 Å². The molecule has 35 heavy (non-hydrogen) atoms. The lowest BCUT2D eigenvalue weighted by molar-refractivity contribution is -0.113. The quantitative estimate of drug-likeness (QED) is 0.179. The number of carbonyl (C=O) groups is 1. The number of anilines is 1. The van der Waals surface area contributed by atoms with Crippen LogP contribution in [0, 0.1) is 13.8 Å². The fourth-order valence-electron chi connectivity index (χ4n) is 3.24. The molecule has 0 bridgehead atoms. The van der Waals surface area contributed by atoms with Crippen LogP contribution in [0.15, 0.2) is 70.1 Å². The number of nitrogens with one attached hydrogen (secondary N) is 1. The highest BCUT2D eigenvalue weighted by Crippen LogP contribution is 2.27. The third kappa shape index (κ3) is 6.39. The van der Waals surface area contributed by atoms with Gasteiger partial charge in [-0.15, -0.1) is 28.1 Å². The molecule has 4 aromatic rings. The van der Waals surface area contributed by atoms with Crippen molar-refractivity contribution in [3.8, 4) is 17.0 Å². The first-order valence-corrected chi connectivity index (χ1v) is 13.5. The van der Waals surface area contributed by atoms with Crippen LogP contribution >= 0.6 is 39.0 Å². The fourth-order valence-corrected chi connectivity index (χ4v) is 5.00. The first-order chi connectivity index (χ1) is 16.9. The number of aryl methyl sites for hydroxylation is 1. The number of thioether (sulfide) groups is 1. The first kappa shape index (κ1) is 25.2. The molecular weight excluding hydrogens is 546 g/mol. The predicted octanol–water partition coefficient (Wildman–Crippen LogP) is 6.28. The number of aromatic nitrogens is 4. The highest BCUT2D eigenvalue weighted by Gasteiger charge is 2.15. The monoisotopic (exact) mass is 569 g/mol. The average molecular weight is 571 g/mol. The van der Waals surface area contributed by atoms with Gasteiger partial charge in [0.2, 0.25) is 5.91 Å². The van der Waals surface area contributed by atoms with Crippen molar-refractivity contribution in [3.05, 3.63) is 81.9 Å². The van der Waals surface area contributed by atoms with Crippen molar-refractivity contribution in [2.45, 2.75) is 32.2 Å². The standard InChI is InChI=1S/C25H24BrN5O2S2/c1-4-12-31-22(13-33-21-7-5-6-16(2)17(21)3)29-30-25(31)35-15-23(32)28-24-27-20(14-34-24)18-8-10-19(26)11-9-18/h4-11,14H,1,12-13,15H2,2-3H3,(H,27,28,32). The first-order valence-electron chi connectivity index (χ1n) is 10.8. The molecule has 1 amide bonds. The Morgan fingerprint density at radius 3 is 2.80 bits per heavy atom. The van der Waals surface area contributed by atoms with E-state index in [-0.39, 0.29) is 18.3 Å². The minimum atomic E-state index is -0.159. The summed E-state index contributed by atoms with van der Waals surface area (Å²) in [5.74, 6) is 1.51. The van der Waals surface area contributed by atoms with Gasteiger partial charge in [-0.25, -0.2) is 4.98 Å². The molecule has 180 valence electrons. The lowest BCUT2D eigenvalue weighted by Crippen LogP contribution is -2.15. The molecule has 0 saturated carbocycles. The van der Waals surface area contributed by atoms with Crippen molar-refractivity contribution in [2.24, 2.45) is 0 Å². The zero-order valence-electron chi connectivity index (χ0n) is 19.3. The fraction of sp³-hybridized carbons (Fsp3) is 0.200. The van der Waals surface area contributed by atoms with E-state index >= 15 is 0 Å². The number of ether oxygens (including phenoxy) is 1. The van der Waals surface area contributed by atoms with E-state index in [4.69, 9.17) is 4.74 Å². The van der Waals surface area contributed by atoms with E-state index in [2.05, 4.69) is 56.0 Å². The Labute approximate surface area is 220 Å². The maximum absolute atomic E-state index is 12.6. The van der Waals surface area contributed by atoms with Crippen molar-refractivity contribution < 1.29 is 9.53 Å². The van der Waals surface area contributed by atoms with E-state index in [9.17, 15) is 4.79 Å². The zero-order chi connectivity index (χ0) is 24.8. The van der Waals surface area contributed by atoms with E-state index in [1.165, 1.54) is 28.7 Å². The Morgan fingerprint density at radius 1 is 1.23 bits per heavy atom. The lowest BCUT2D eigenvalue weighted by atomic mass is 10.1. The topological polar surface area (TPSA) is 81.9 Å². The van der Waals surface area contributed by atoms with E-state index in [0.29, 0.717) is 22.7 Å². The maximum atomic E-state index is 12.6. The van der Waals surface area contributed by atoms with E-state index in [1.54, 1.807) is 6.08 Å². The van der Waals surface area contributed by atoms with Crippen molar-refractivity contribution in [1.82, 2.24) is 19.7 Å². The molecule has 0 fully saturated rings. The number of hydrogen-bond acceptors (Lipinski definition) is 7. The molecular formula is C25H24BrN5O2S2. The van der Waals surface area contributed by atoms with Crippen LogP contribution in [0.5, 0.6) is 5.75 Å². The third-order valence-corrected chi connectivity index (χ3v) is 7.49. The largest absolute Gasteiger partial charge is 0.485 e. The normalized spacial score (nSPS) is 10.8. The number of allylic oxidation sites excluding steroid dienone is 1. The van der Waals surface area contributed by atoms with Crippen molar-refractivity contribution >= 4 is 50.1 Å². The van der Waals surface area contributed by atoms with Crippen LogP contribution in [-0.2, 0) is 17.9 Å². The molecule has 0 saturated heterocycles. The van der Waals surface area contributed by atoms with Crippen LogP contribution in [0.4, 0.5) is 5.13 Å². The van der Waals surface area contributed by atoms with Crippen LogP contribution in [-0.4, -0.2) is 31.4 Å². The summed E-state index contributed by atoms with van der Waals surface area (Å²) < 4.78 is 8.91. The van der Waals surface area contributed by atoms with Crippen LogP contribution in [0.2, 0.25) is 0 Å². The summed E-state index contributed by atoms with van der Waals surface area (Å²) >= 11 is 6.14. The summed E-state index contributed by atoms with van der Waals surface area (Å²) in [5.41, 5.74) is 4.08. The molecule has 0 aliphatic carbocycles. The van der Waals surface area contributed by atoms with Gasteiger partial charge in [0.25, 0.3) is 0 Å². The molecule has 0 atom stereocenters. The number of rotatable bonds is 10. The van der Waals surface area contributed by atoms with Crippen LogP contribution in [0.1, 0.15) is 17.0 Å². The van der Waals surface area contributed by atoms with Gasteiger partial charge in [0.05, 0.1) is 11.4 Å². The second kappa shape index (κ2) is 11.7. The molecule has 0 aliphatic heterocycles. The highest BCUT2D eigenvalue weighted by molar-refractivity contribution is 9.10. The summed E-state index contributed by atoms with van der Waals surface area (Å²) in [6, 6.07) is 13.8. The van der Waals surface area contributed by atoms with Gasteiger partial charge < -0.3 is 10.1 Å². The van der Waals surface area contributed by atoms with Crippen LogP contribution < -0.4 is 10.1 Å². The molecule has 4 rings (SSSR count). The van der Waals surface area contributed by atoms with Crippen LogP contribution in [0.3, 0.4) is 0 Å². The van der Waals surface area contributed by atoms with Gasteiger partial charge in [0, 0.05) is 22.0 Å². The third-order valence-electron chi connectivity index (χ3n) is 5.24. The number of thiazole rings is 1. The Kier molecular flexibility index (Phi) is 8.37. The molecule has 0 aliphatic rings. The molecule has 2 aromatic carbocycles. The number of hydrogen-bond donors (Lipinski definition) is 1. The smallest absolute Gasteiger partial charge is 0.236 e. The minimum Gasteiger partial charge on any atom is -0.485 e. The van der Waals surface area contributed by atoms with Gasteiger partial charge in [-0.05, 0) is 43.2 Å². The molecule has 0 spiro atoms. The van der Waals surface area contributed by atoms with Gasteiger partial charge in [-0.3, -0.25) is 9.36 Å². The van der Waals surface area contributed by atoms with Crippen LogP contribution in [0.25, 0.3) is 11.3 Å². The van der Waals surface area contributed by atoms with Crippen molar-refractivity contribution in [2.75, 3.05) is 11.1 Å². The Balaban J connectivity index is 1.36. The summed E-state index contributed by atoms with van der Waals surface area (Å²) in [6.07, 6.45) is 1.77. The summed E-state index contributed by atoms with van der Waals surface area (Å²) in [6.45, 7) is 8.70. The van der Waals surface area contributed by atoms with Crippen molar-refractivity contribution in [1.29, 1.82) is 0 Å². The summed E-state index contributed by atoms with van der Waals surface area (Å²) in [7, 11) is 0. The zero-order valence-corrected chi connectivity index (χ0v) is 22.5. The minimum absolute atomic E-state index is 0.159. The van der Waals surface area contributed by atoms with Crippen molar-refractivity contribution in [3.63, 3.8) is 0 Å². The van der Waals surface area contributed by atoms with E-state index < -0.39 is 0 Å². The summed E-state index contributed by atoms with van der Waals surface area (Å²) in [4.78, 5) is 17.1. The number of halogens is 1. The maximum Gasteiger partial charge on any atom is 0.236 e. The van der Waals surface area contributed by atoms with Gasteiger partial charge >= 0.3 is 0 Å². The molecule has 1 N–H and O–H groups in total. The van der Waals surface area contributed by atoms with Gasteiger partial charge in [-0.2, -0.15) is 0 Å². The number of carbonyl (C=O) groups excluding carboxylic acids is 1. The number of amides is 1. The Morgan fingerprint density at radius 2 is 2.03 bits per heavy atom. The number of benzene rings is 2. The summed E-state index contributed by atoms with van der Waals surface area (Å²) in [5, 5.41) is 14.5. The SMILES string of the molecule is C=CCn1c(COc2cccc(C)c2C)nnc1SCC(=O)Nc1nc(-c2ccc(Br)cc2)cs1. The van der Waals surface area contributed by atoms with Gasteiger partial charge in [0.15, 0.2) is 16.1 Å². The predicted molar refractivity (Wildman–Crippen MR) is 145 cm³/mol. The Hall–Kier alpha value is -2.95. The molecule has 2 heterocycles. The highest BCUT2D eigenvalue weighted by atomic mass is 79.9. The molecule has 0 radical (unpaired) electrons. The number of nitrogens with zero attached hydrogens (tertiary/aromatic N) is 4. The molecule has 0 unspecified atom stereocenters. The molecule has 2 aromatic heterocycles. The lowest BCUT2D eigenvalue weighted by Gasteiger charge is -2.12. The second-order valence-corrected chi connectivity index (χ2v) is 10.4. The molecule has 10 heteroatoms. The second-order valence-electron chi connectivity index (χ2n) is 7.67. The van der Waals surface area contributed by atoms with Gasteiger partial charge in [0.1, 0.15) is 12.4 Å². The van der Waals surface area contributed by atoms with Gasteiger partial charge in [-0.1, -0.05) is 58.0 Å². The molecule has 7 nitrogen and oxygen atoms in total. The Bertz CT molecular complexity index is 1330.